The average molecular weight is 531 g/mol. The lowest BCUT2D eigenvalue weighted by Gasteiger charge is -2.46. The number of nitrogens with zero attached hydrogens (tertiary/aromatic N) is 2. The van der Waals surface area contributed by atoms with Gasteiger partial charge in [0.1, 0.15) is 15.7 Å². The molecule has 0 bridgehead atoms. The Morgan fingerprint density at radius 1 is 1.26 bits per heavy atom. The van der Waals surface area contributed by atoms with Crippen LogP contribution in [0.2, 0.25) is 0 Å². The van der Waals surface area contributed by atoms with Gasteiger partial charge in [0.25, 0.3) is 10.0 Å². The molecular formula is C21H30N4O6S3. The second kappa shape index (κ2) is 9.32. The number of Topliss-reactive ketones (excluding diaryl/α,β-unsaturated/α-hetero) is 1. The Morgan fingerprint density at radius 2 is 1.97 bits per heavy atom. The third-order valence-corrected chi connectivity index (χ3v) is 9.75. The number of rotatable bonds is 7. The van der Waals surface area contributed by atoms with Gasteiger partial charge in [-0.2, -0.15) is 8.42 Å². The normalized spacial score (nSPS) is 26.6. The molecule has 1 aromatic rings. The minimum atomic E-state index is -4.24. The van der Waals surface area contributed by atoms with Crippen molar-refractivity contribution in [3.8, 4) is 0 Å². The Labute approximate surface area is 204 Å². The maximum atomic E-state index is 13.6. The quantitative estimate of drug-likeness (QED) is 0.513. The Hall–Kier alpha value is -1.83. The number of carbonyl (C=O) groups is 2. The zero-order chi connectivity index (χ0) is 24.8. The average Bonchev–Trinajstić information content (AvgIpc) is 3.15. The van der Waals surface area contributed by atoms with Gasteiger partial charge in [-0.05, 0) is 30.6 Å². The third kappa shape index (κ3) is 4.93. The van der Waals surface area contributed by atoms with Crippen molar-refractivity contribution >= 4 is 53.9 Å². The zero-order valence-electron chi connectivity index (χ0n) is 19.4. The summed E-state index contributed by atoms with van der Waals surface area (Å²) >= 11 is 1.07. The first-order valence-electron chi connectivity index (χ1n) is 11.4. The highest BCUT2D eigenvalue weighted by atomic mass is 32.2. The largest absolute Gasteiger partial charge is 0.338 e. The first-order chi connectivity index (χ1) is 15.9. The maximum absolute atomic E-state index is 13.6. The zero-order valence-corrected chi connectivity index (χ0v) is 21.9. The number of nitrogens with one attached hydrogen (secondary N) is 2. The minimum absolute atomic E-state index is 0.125. The summed E-state index contributed by atoms with van der Waals surface area (Å²) in [6, 6.07) is -0.143. The fourth-order valence-corrected chi connectivity index (χ4v) is 7.99. The van der Waals surface area contributed by atoms with Crippen LogP contribution in [0.4, 0.5) is 5.00 Å². The molecule has 0 aromatic carbocycles. The van der Waals surface area contributed by atoms with Crippen LogP contribution in [0.5, 0.6) is 0 Å². The van der Waals surface area contributed by atoms with Crippen LogP contribution in [0.3, 0.4) is 0 Å². The van der Waals surface area contributed by atoms with Crippen molar-refractivity contribution in [3.05, 3.63) is 10.9 Å². The molecule has 0 spiro atoms. The van der Waals surface area contributed by atoms with Crippen molar-refractivity contribution in [3.63, 3.8) is 0 Å². The predicted octanol–water partition coefficient (Wildman–Crippen LogP) is 1.94. The van der Waals surface area contributed by atoms with Crippen molar-refractivity contribution in [2.75, 3.05) is 18.1 Å². The van der Waals surface area contributed by atoms with Crippen molar-refractivity contribution < 1.29 is 26.4 Å². The second-order valence-corrected chi connectivity index (χ2v) is 13.9. The molecule has 3 aliphatic rings. The Morgan fingerprint density at radius 3 is 2.65 bits per heavy atom. The van der Waals surface area contributed by atoms with Crippen molar-refractivity contribution in [1.82, 2.24) is 9.62 Å². The summed E-state index contributed by atoms with van der Waals surface area (Å²) in [4.78, 5) is 28.7. The topological polar surface area (TPSA) is 142 Å². The molecular weight excluding hydrogens is 500 g/mol. The lowest BCUT2D eigenvalue weighted by atomic mass is 9.73. The molecule has 0 radical (unpaired) electrons. The van der Waals surface area contributed by atoms with E-state index in [0.717, 1.165) is 43.3 Å². The van der Waals surface area contributed by atoms with Crippen LogP contribution in [0, 0.1) is 17.8 Å². The van der Waals surface area contributed by atoms with Gasteiger partial charge in [0.15, 0.2) is 11.7 Å². The van der Waals surface area contributed by atoms with Gasteiger partial charge in [0.2, 0.25) is 15.9 Å². The number of carbonyl (C=O) groups excluding carboxylic acids is 2. The monoisotopic (exact) mass is 530 g/mol. The fraction of sp³-hybridized carbons (Fsp3) is 0.667. The van der Waals surface area contributed by atoms with E-state index in [1.54, 1.807) is 4.90 Å². The fourth-order valence-electron chi connectivity index (χ4n) is 4.93. The summed E-state index contributed by atoms with van der Waals surface area (Å²) < 4.78 is 55.2. The number of sulfonamides is 2. The Kier molecular flexibility index (Phi) is 6.93. The molecule has 3 atom stereocenters. The summed E-state index contributed by atoms with van der Waals surface area (Å²) in [6.45, 7) is 4.46. The number of amidine groups is 1. The first-order valence-corrected chi connectivity index (χ1v) is 15.6. The van der Waals surface area contributed by atoms with Crippen molar-refractivity contribution in [2.45, 2.75) is 63.4 Å². The summed E-state index contributed by atoms with van der Waals surface area (Å²) in [6.07, 6.45) is 5.09. The molecule has 1 amide bonds. The smallest absolute Gasteiger partial charge is 0.287 e. The molecule has 1 aromatic heterocycles. The van der Waals surface area contributed by atoms with Gasteiger partial charge in [-0.15, -0.1) is 15.7 Å². The van der Waals surface area contributed by atoms with E-state index < -0.39 is 31.9 Å². The third-order valence-electron chi connectivity index (χ3n) is 6.59. The highest BCUT2D eigenvalue weighted by Gasteiger charge is 2.51. The highest BCUT2D eigenvalue weighted by Crippen LogP contribution is 2.41. The number of fused-ring (bicyclic) bond motifs is 2. The number of hydrogen-bond acceptors (Lipinski definition) is 8. The van der Waals surface area contributed by atoms with Crippen LogP contribution in [-0.2, 0) is 36.2 Å². The standard InChI is InChI=1S/C21H30N4O6S3/c1-12(2)8-9-25-15-7-5-4-6-14(15)17(26)16(21(25)27)19-23-20-18(34(30,31)24-19)13(11-32-20)10-22-33(3,28)29/h11-12,14-16,22H,4-10H2,1-3H3,(H,23,24). The van der Waals surface area contributed by atoms with E-state index in [1.165, 1.54) is 5.38 Å². The molecule has 10 nitrogen and oxygen atoms in total. The molecule has 3 heterocycles. The lowest BCUT2D eigenvalue weighted by molar-refractivity contribution is -0.152. The number of ketones is 1. The van der Waals surface area contributed by atoms with Crippen molar-refractivity contribution in [2.24, 2.45) is 22.2 Å². The molecule has 2 aliphatic heterocycles. The van der Waals surface area contributed by atoms with Crippen LogP contribution >= 0.6 is 11.3 Å². The number of anilines is 1. The van der Waals surface area contributed by atoms with Gasteiger partial charge in [-0.1, -0.05) is 26.7 Å². The van der Waals surface area contributed by atoms with Crippen LogP contribution in [0.25, 0.3) is 0 Å². The molecule has 188 valence electrons. The minimum Gasteiger partial charge on any atom is -0.338 e. The molecule has 1 saturated heterocycles. The molecule has 1 aliphatic carbocycles. The maximum Gasteiger partial charge on any atom is 0.287 e. The van der Waals surface area contributed by atoms with E-state index >= 15 is 0 Å². The SMILES string of the molecule is CC(C)CCN1C(=O)C(C2=NS(=O)(=O)c3c(CNS(C)(=O)=O)csc3N2)C(=O)C2CCCCC21. The Balaban J connectivity index is 1.67. The summed E-state index contributed by atoms with van der Waals surface area (Å²) in [5.74, 6) is -2.05. The van der Waals surface area contributed by atoms with Crippen LogP contribution in [0.15, 0.2) is 14.7 Å². The van der Waals surface area contributed by atoms with E-state index in [0.29, 0.717) is 18.9 Å². The van der Waals surface area contributed by atoms with E-state index in [4.69, 9.17) is 0 Å². The molecule has 2 fully saturated rings. The molecule has 4 rings (SSSR count). The molecule has 3 unspecified atom stereocenters. The van der Waals surface area contributed by atoms with Gasteiger partial charge in [-0.25, -0.2) is 13.1 Å². The summed E-state index contributed by atoms with van der Waals surface area (Å²) in [7, 11) is -7.76. The summed E-state index contributed by atoms with van der Waals surface area (Å²) in [5, 5.41) is 4.69. The van der Waals surface area contributed by atoms with E-state index in [2.05, 4.69) is 28.3 Å². The van der Waals surface area contributed by atoms with Gasteiger partial charge in [0.05, 0.1) is 6.26 Å². The van der Waals surface area contributed by atoms with Gasteiger partial charge in [-0.3, -0.25) is 9.59 Å². The number of amides is 1. The number of likely N-dealkylation sites (tertiary alicyclic amines) is 1. The highest BCUT2D eigenvalue weighted by molar-refractivity contribution is 7.91. The van der Waals surface area contributed by atoms with E-state index in [1.807, 2.05) is 0 Å². The molecule has 2 N–H and O–H groups in total. The van der Waals surface area contributed by atoms with Crippen LogP contribution in [-0.4, -0.2) is 58.1 Å². The number of hydrogen-bond donors (Lipinski definition) is 2. The second-order valence-electron chi connectivity index (χ2n) is 9.60. The summed E-state index contributed by atoms with van der Waals surface area (Å²) in [5.41, 5.74) is 0.257. The van der Waals surface area contributed by atoms with E-state index in [9.17, 15) is 26.4 Å². The number of piperidine rings is 1. The van der Waals surface area contributed by atoms with Crippen LogP contribution in [0.1, 0.15) is 51.5 Å². The molecule has 13 heteroatoms. The first kappa shape index (κ1) is 25.3. The predicted molar refractivity (Wildman–Crippen MR) is 130 cm³/mol. The lowest BCUT2D eigenvalue weighted by Crippen LogP contribution is -2.61. The molecule has 1 saturated carbocycles. The molecule has 34 heavy (non-hydrogen) atoms. The van der Waals surface area contributed by atoms with Gasteiger partial charge < -0.3 is 10.2 Å². The number of thiophene rings is 1. The van der Waals surface area contributed by atoms with Gasteiger partial charge >= 0.3 is 0 Å². The Bertz CT molecular complexity index is 1240. The van der Waals surface area contributed by atoms with Gasteiger partial charge in [0, 0.05) is 30.6 Å². The van der Waals surface area contributed by atoms with Crippen LogP contribution < -0.4 is 10.0 Å². The van der Waals surface area contributed by atoms with Crippen molar-refractivity contribution in [1.29, 1.82) is 0 Å². The van der Waals surface area contributed by atoms with E-state index in [-0.39, 0.29) is 45.6 Å².